The van der Waals surface area contributed by atoms with Gasteiger partial charge in [-0.3, -0.25) is 0 Å². The molecule has 1 N–H and O–H groups in total. The molecule has 2 aromatic heterocycles. The molecule has 0 aliphatic carbocycles. The molecule has 0 saturated heterocycles. The molecule has 2 aromatic rings. The molecule has 2 rings (SSSR count). The summed E-state index contributed by atoms with van der Waals surface area (Å²) in [4.78, 5) is 13.0. The van der Waals surface area contributed by atoms with Crippen LogP contribution in [0.15, 0.2) is 34.6 Å². The number of aliphatic hydroxyl groups excluding tert-OH is 1. The fourth-order valence-electron chi connectivity index (χ4n) is 1.57. The molecule has 0 amide bonds. The first-order chi connectivity index (χ1) is 8.54. The lowest BCUT2D eigenvalue weighted by atomic mass is 10.2. The molecule has 0 aliphatic heterocycles. The molecule has 0 radical (unpaired) electrons. The maximum absolute atomic E-state index is 9.53. The van der Waals surface area contributed by atoms with Crippen LogP contribution < -0.4 is 0 Å². The zero-order valence-electron chi connectivity index (χ0n) is 10.6. The van der Waals surface area contributed by atoms with E-state index < -0.39 is 6.10 Å². The Labute approximate surface area is 111 Å². The van der Waals surface area contributed by atoms with Gasteiger partial charge in [0.2, 0.25) is 0 Å². The van der Waals surface area contributed by atoms with Crippen LogP contribution in [0.4, 0.5) is 0 Å². The van der Waals surface area contributed by atoms with Crippen LogP contribution in [0.1, 0.15) is 30.0 Å². The molecule has 94 valence electrons. The molecule has 0 saturated carbocycles. The first kappa shape index (κ1) is 13.0. The van der Waals surface area contributed by atoms with E-state index in [1.54, 1.807) is 19.2 Å². The van der Waals surface area contributed by atoms with Crippen molar-refractivity contribution in [2.75, 3.05) is 0 Å². The van der Waals surface area contributed by atoms with Gasteiger partial charge in [0.1, 0.15) is 5.03 Å². The highest BCUT2D eigenvalue weighted by atomic mass is 32.2. The fraction of sp³-hybridized carbons (Fsp3) is 0.308. The molecular formula is C13H15N3OS. The molecule has 4 nitrogen and oxygen atoms in total. The second-order valence-electron chi connectivity index (χ2n) is 4.14. The third-order valence-electron chi connectivity index (χ3n) is 2.40. The topological polar surface area (TPSA) is 58.9 Å². The number of nitrogens with zero attached hydrogens (tertiary/aromatic N) is 3. The average molecular weight is 261 g/mol. The van der Waals surface area contributed by atoms with E-state index in [-0.39, 0.29) is 0 Å². The predicted octanol–water partition coefficient (Wildman–Crippen LogP) is 2.69. The largest absolute Gasteiger partial charge is 0.389 e. The minimum atomic E-state index is -0.493. The number of pyridine rings is 1. The van der Waals surface area contributed by atoms with Crippen molar-refractivity contribution in [2.45, 2.75) is 37.1 Å². The van der Waals surface area contributed by atoms with Crippen molar-refractivity contribution in [2.24, 2.45) is 0 Å². The van der Waals surface area contributed by atoms with Gasteiger partial charge in [0.15, 0.2) is 5.16 Å². The monoisotopic (exact) mass is 261 g/mol. The lowest BCUT2D eigenvalue weighted by molar-refractivity contribution is 0.199. The Morgan fingerprint density at radius 3 is 2.44 bits per heavy atom. The van der Waals surface area contributed by atoms with Gasteiger partial charge >= 0.3 is 0 Å². The highest BCUT2D eigenvalue weighted by Crippen LogP contribution is 2.25. The van der Waals surface area contributed by atoms with Crippen LogP contribution in [-0.4, -0.2) is 20.1 Å². The summed E-state index contributed by atoms with van der Waals surface area (Å²) >= 11 is 1.40. The van der Waals surface area contributed by atoms with Crippen LogP contribution in [0.25, 0.3) is 0 Å². The van der Waals surface area contributed by atoms with E-state index in [4.69, 9.17) is 0 Å². The molecule has 18 heavy (non-hydrogen) atoms. The van der Waals surface area contributed by atoms with Gasteiger partial charge in [-0.15, -0.1) is 0 Å². The molecule has 0 fully saturated rings. The van der Waals surface area contributed by atoms with Crippen molar-refractivity contribution < 1.29 is 5.11 Å². The number of rotatable bonds is 3. The van der Waals surface area contributed by atoms with Gasteiger partial charge in [-0.25, -0.2) is 15.0 Å². The predicted molar refractivity (Wildman–Crippen MR) is 70.5 cm³/mol. The standard InChI is InChI=1S/C13H15N3OS/c1-8-6-9(2)16-13(15-8)18-12-7-11(10(3)17)4-5-14-12/h4-7,10,17H,1-3H3/t10-/m1/s1. The van der Waals surface area contributed by atoms with E-state index in [2.05, 4.69) is 15.0 Å². The van der Waals surface area contributed by atoms with Crippen molar-refractivity contribution in [3.63, 3.8) is 0 Å². The van der Waals surface area contributed by atoms with E-state index in [1.165, 1.54) is 11.8 Å². The van der Waals surface area contributed by atoms with E-state index in [0.29, 0.717) is 5.16 Å². The number of aryl methyl sites for hydroxylation is 2. The van der Waals surface area contributed by atoms with Crippen LogP contribution in [0.5, 0.6) is 0 Å². The van der Waals surface area contributed by atoms with Crippen LogP contribution in [-0.2, 0) is 0 Å². The summed E-state index contributed by atoms with van der Waals surface area (Å²) in [6.45, 7) is 5.62. The van der Waals surface area contributed by atoms with E-state index in [0.717, 1.165) is 22.0 Å². The summed E-state index contributed by atoms with van der Waals surface area (Å²) in [5, 5.41) is 11.0. The Bertz CT molecular complexity index is 537. The SMILES string of the molecule is Cc1cc(C)nc(Sc2cc([C@@H](C)O)ccn2)n1. The zero-order chi connectivity index (χ0) is 13.1. The first-order valence-electron chi connectivity index (χ1n) is 5.69. The van der Waals surface area contributed by atoms with Crippen molar-refractivity contribution in [3.8, 4) is 0 Å². The van der Waals surface area contributed by atoms with Gasteiger partial charge < -0.3 is 5.11 Å². The summed E-state index contributed by atoms with van der Waals surface area (Å²) in [6.07, 6.45) is 1.19. The second kappa shape index (κ2) is 5.46. The molecular weight excluding hydrogens is 246 g/mol. The maximum atomic E-state index is 9.53. The molecule has 0 spiro atoms. The van der Waals surface area contributed by atoms with Crippen LogP contribution in [0.2, 0.25) is 0 Å². The Balaban J connectivity index is 2.25. The number of aromatic nitrogens is 3. The summed E-state index contributed by atoms with van der Waals surface area (Å²) in [5.74, 6) is 0. The van der Waals surface area contributed by atoms with Gasteiger partial charge in [-0.1, -0.05) is 0 Å². The maximum Gasteiger partial charge on any atom is 0.194 e. The first-order valence-corrected chi connectivity index (χ1v) is 6.50. The average Bonchev–Trinajstić information content (AvgIpc) is 2.27. The molecule has 0 unspecified atom stereocenters. The molecule has 0 bridgehead atoms. The van der Waals surface area contributed by atoms with Crippen LogP contribution in [0.3, 0.4) is 0 Å². The molecule has 5 heteroatoms. The van der Waals surface area contributed by atoms with Crippen LogP contribution >= 0.6 is 11.8 Å². The smallest absolute Gasteiger partial charge is 0.194 e. The van der Waals surface area contributed by atoms with Gasteiger partial charge in [0.25, 0.3) is 0 Å². The molecule has 0 aliphatic rings. The van der Waals surface area contributed by atoms with Gasteiger partial charge in [0.05, 0.1) is 6.10 Å². The highest BCUT2D eigenvalue weighted by molar-refractivity contribution is 7.99. The third-order valence-corrected chi connectivity index (χ3v) is 3.20. The number of aliphatic hydroxyl groups is 1. The highest BCUT2D eigenvalue weighted by Gasteiger charge is 2.06. The Kier molecular flexibility index (Phi) is 3.93. The van der Waals surface area contributed by atoms with E-state index in [1.807, 2.05) is 26.0 Å². The van der Waals surface area contributed by atoms with Crippen molar-refractivity contribution >= 4 is 11.8 Å². The van der Waals surface area contributed by atoms with Gasteiger partial charge in [-0.05, 0) is 56.3 Å². The van der Waals surface area contributed by atoms with Gasteiger partial charge in [-0.2, -0.15) is 0 Å². The summed E-state index contributed by atoms with van der Waals surface area (Å²) in [7, 11) is 0. The Morgan fingerprint density at radius 1 is 1.17 bits per heavy atom. The number of hydrogen-bond acceptors (Lipinski definition) is 5. The van der Waals surface area contributed by atoms with Crippen molar-refractivity contribution in [3.05, 3.63) is 41.3 Å². The molecule has 0 aromatic carbocycles. The van der Waals surface area contributed by atoms with Crippen molar-refractivity contribution in [1.29, 1.82) is 0 Å². The lowest BCUT2D eigenvalue weighted by Gasteiger charge is -2.06. The Morgan fingerprint density at radius 2 is 1.83 bits per heavy atom. The number of hydrogen-bond donors (Lipinski definition) is 1. The van der Waals surface area contributed by atoms with E-state index >= 15 is 0 Å². The summed E-state index contributed by atoms with van der Waals surface area (Å²) < 4.78 is 0. The lowest BCUT2D eigenvalue weighted by Crippen LogP contribution is -1.95. The van der Waals surface area contributed by atoms with Gasteiger partial charge in [0, 0.05) is 17.6 Å². The fourth-order valence-corrected chi connectivity index (χ4v) is 2.45. The van der Waals surface area contributed by atoms with E-state index in [9.17, 15) is 5.11 Å². The second-order valence-corrected chi connectivity index (χ2v) is 5.13. The van der Waals surface area contributed by atoms with Crippen molar-refractivity contribution in [1.82, 2.24) is 15.0 Å². The normalized spacial score (nSPS) is 12.4. The minimum Gasteiger partial charge on any atom is -0.389 e. The summed E-state index contributed by atoms with van der Waals surface area (Å²) in [5.41, 5.74) is 2.73. The minimum absolute atomic E-state index is 0.493. The zero-order valence-corrected chi connectivity index (χ0v) is 11.4. The third kappa shape index (κ3) is 3.27. The quantitative estimate of drug-likeness (QED) is 0.861. The Hall–Kier alpha value is -1.46. The molecule has 1 atom stereocenters. The molecule has 2 heterocycles. The summed E-state index contributed by atoms with van der Waals surface area (Å²) in [6, 6.07) is 5.59. The van der Waals surface area contributed by atoms with Crippen LogP contribution in [0, 0.1) is 13.8 Å².